The molecular formula is C14H19F2N. The van der Waals surface area contributed by atoms with Gasteiger partial charge in [-0.1, -0.05) is 19.9 Å². The number of hydrogen-bond donors (Lipinski definition) is 1. The third-order valence-corrected chi connectivity index (χ3v) is 2.50. The van der Waals surface area contributed by atoms with E-state index in [2.05, 4.69) is 19.2 Å². The first-order valence-corrected chi connectivity index (χ1v) is 5.86. The Bertz CT molecular complexity index is 397. The van der Waals surface area contributed by atoms with Gasteiger partial charge in [0.25, 0.3) is 0 Å². The summed E-state index contributed by atoms with van der Waals surface area (Å²) in [6.45, 7) is 6.86. The summed E-state index contributed by atoms with van der Waals surface area (Å²) in [4.78, 5) is 0. The monoisotopic (exact) mass is 239 g/mol. The molecule has 0 fully saturated rings. The highest BCUT2D eigenvalue weighted by molar-refractivity contribution is 5.64. The number of hydrogen-bond acceptors (Lipinski definition) is 1. The molecule has 0 radical (unpaired) electrons. The largest absolute Gasteiger partial charge is 0.314 e. The third kappa shape index (κ3) is 4.65. The van der Waals surface area contributed by atoms with Crippen LogP contribution in [0.2, 0.25) is 0 Å². The van der Waals surface area contributed by atoms with E-state index in [1.807, 2.05) is 13.0 Å². The highest BCUT2D eigenvalue weighted by Gasteiger charge is 2.04. The Morgan fingerprint density at radius 3 is 2.65 bits per heavy atom. The molecule has 0 heterocycles. The molecule has 1 rings (SSSR count). The summed E-state index contributed by atoms with van der Waals surface area (Å²) >= 11 is 0. The molecule has 0 bridgehead atoms. The Labute approximate surface area is 102 Å². The molecule has 94 valence electrons. The summed E-state index contributed by atoms with van der Waals surface area (Å²) in [7, 11) is 0. The molecule has 3 heteroatoms. The minimum atomic E-state index is -0.541. The van der Waals surface area contributed by atoms with Crippen LogP contribution in [0.4, 0.5) is 8.78 Å². The average Bonchev–Trinajstić information content (AvgIpc) is 2.23. The zero-order valence-electron chi connectivity index (χ0n) is 10.6. The van der Waals surface area contributed by atoms with Crippen molar-refractivity contribution in [1.82, 2.24) is 5.32 Å². The van der Waals surface area contributed by atoms with Gasteiger partial charge >= 0.3 is 0 Å². The summed E-state index contributed by atoms with van der Waals surface area (Å²) in [5.41, 5.74) is 1.31. The fourth-order valence-corrected chi connectivity index (χ4v) is 1.58. The van der Waals surface area contributed by atoms with E-state index in [1.54, 1.807) is 0 Å². The van der Waals surface area contributed by atoms with Crippen LogP contribution < -0.4 is 5.32 Å². The van der Waals surface area contributed by atoms with E-state index in [0.717, 1.165) is 24.6 Å². The van der Waals surface area contributed by atoms with Gasteiger partial charge in [-0.15, -0.1) is 0 Å². The SMILES string of the molecule is CC(=CCCNC(C)C)c1ccc(F)cc1F. The second-order valence-corrected chi connectivity index (χ2v) is 4.41. The van der Waals surface area contributed by atoms with Crippen LogP contribution in [0.25, 0.3) is 5.57 Å². The Morgan fingerprint density at radius 1 is 1.35 bits per heavy atom. The molecule has 0 unspecified atom stereocenters. The molecule has 0 amide bonds. The highest BCUT2D eigenvalue weighted by Crippen LogP contribution is 2.18. The summed E-state index contributed by atoms with van der Waals surface area (Å²) in [6.07, 6.45) is 2.80. The van der Waals surface area contributed by atoms with Crippen molar-refractivity contribution in [2.75, 3.05) is 6.54 Å². The molecule has 0 saturated carbocycles. The minimum Gasteiger partial charge on any atom is -0.314 e. The fraction of sp³-hybridized carbons (Fsp3) is 0.429. The number of allylic oxidation sites excluding steroid dienone is 1. The van der Waals surface area contributed by atoms with Gasteiger partial charge in [0.2, 0.25) is 0 Å². The average molecular weight is 239 g/mol. The number of nitrogens with one attached hydrogen (secondary N) is 1. The molecule has 17 heavy (non-hydrogen) atoms. The van der Waals surface area contributed by atoms with Gasteiger partial charge in [-0.05, 0) is 37.6 Å². The molecule has 0 atom stereocenters. The molecule has 1 nitrogen and oxygen atoms in total. The van der Waals surface area contributed by atoms with Crippen LogP contribution >= 0.6 is 0 Å². The predicted molar refractivity (Wildman–Crippen MR) is 67.8 cm³/mol. The van der Waals surface area contributed by atoms with Crippen LogP contribution in [-0.4, -0.2) is 12.6 Å². The van der Waals surface area contributed by atoms with Crippen LogP contribution in [0.1, 0.15) is 32.8 Å². The first-order valence-electron chi connectivity index (χ1n) is 5.86. The lowest BCUT2D eigenvalue weighted by Crippen LogP contribution is -2.23. The van der Waals surface area contributed by atoms with Crippen LogP contribution in [-0.2, 0) is 0 Å². The molecule has 1 aromatic carbocycles. The second-order valence-electron chi connectivity index (χ2n) is 4.41. The molecule has 1 N–H and O–H groups in total. The third-order valence-electron chi connectivity index (χ3n) is 2.50. The van der Waals surface area contributed by atoms with Crippen molar-refractivity contribution in [3.63, 3.8) is 0 Å². The van der Waals surface area contributed by atoms with Gasteiger partial charge < -0.3 is 5.32 Å². The van der Waals surface area contributed by atoms with Crippen LogP contribution in [0.5, 0.6) is 0 Å². The second kappa shape index (κ2) is 6.50. The van der Waals surface area contributed by atoms with Gasteiger partial charge in [-0.25, -0.2) is 8.78 Å². The van der Waals surface area contributed by atoms with Crippen molar-refractivity contribution in [2.24, 2.45) is 0 Å². The fourth-order valence-electron chi connectivity index (χ4n) is 1.58. The van der Waals surface area contributed by atoms with E-state index in [4.69, 9.17) is 0 Å². The van der Waals surface area contributed by atoms with Gasteiger partial charge in [0.1, 0.15) is 11.6 Å². The molecule has 0 aliphatic heterocycles. The van der Waals surface area contributed by atoms with E-state index in [1.165, 1.54) is 12.1 Å². The van der Waals surface area contributed by atoms with Crippen molar-refractivity contribution in [2.45, 2.75) is 33.2 Å². The van der Waals surface area contributed by atoms with Crippen molar-refractivity contribution in [3.8, 4) is 0 Å². The van der Waals surface area contributed by atoms with Gasteiger partial charge in [-0.3, -0.25) is 0 Å². The maximum atomic E-state index is 13.4. The number of benzene rings is 1. The van der Waals surface area contributed by atoms with E-state index < -0.39 is 11.6 Å². The highest BCUT2D eigenvalue weighted by atomic mass is 19.1. The molecular weight excluding hydrogens is 220 g/mol. The quantitative estimate of drug-likeness (QED) is 0.771. The van der Waals surface area contributed by atoms with Gasteiger partial charge in [0.15, 0.2) is 0 Å². The van der Waals surface area contributed by atoms with Crippen LogP contribution in [0.3, 0.4) is 0 Å². The van der Waals surface area contributed by atoms with E-state index in [0.29, 0.717) is 11.6 Å². The maximum absolute atomic E-state index is 13.4. The van der Waals surface area contributed by atoms with Crippen molar-refractivity contribution < 1.29 is 8.78 Å². The lowest BCUT2D eigenvalue weighted by molar-refractivity contribution is 0.580. The minimum absolute atomic E-state index is 0.450. The standard InChI is InChI=1S/C14H19F2N/c1-10(2)17-8-4-5-11(3)13-7-6-12(15)9-14(13)16/h5-7,9-10,17H,4,8H2,1-3H3. The lowest BCUT2D eigenvalue weighted by Gasteiger charge is -2.07. The molecule has 0 saturated heterocycles. The number of halogens is 2. The lowest BCUT2D eigenvalue weighted by atomic mass is 10.1. The zero-order valence-corrected chi connectivity index (χ0v) is 10.6. The summed E-state index contributed by atoms with van der Waals surface area (Å²) in [6, 6.07) is 4.12. The first-order chi connectivity index (χ1) is 8.00. The molecule has 0 aromatic heterocycles. The molecule has 1 aromatic rings. The Hall–Kier alpha value is -1.22. The summed E-state index contributed by atoms with van der Waals surface area (Å²) < 4.78 is 26.2. The van der Waals surface area contributed by atoms with Crippen molar-refractivity contribution in [3.05, 3.63) is 41.5 Å². The van der Waals surface area contributed by atoms with Crippen LogP contribution in [0, 0.1) is 11.6 Å². The number of rotatable bonds is 5. The summed E-state index contributed by atoms with van der Waals surface area (Å²) in [5, 5.41) is 3.28. The first kappa shape index (κ1) is 13.8. The predicted octanol–water partition coefficient (Wildman–Crippen LogP) is 3.76. The van der Waals surface area contributed by atoms with Gasteiger partial charge in [0.05, 0.1) is 0 Å². The van der Waals surface area contributed by atoms with Crippen molar-refractivity contribution in [1.29, 1.82) is 0 Å². The molecule has 0 spiro atoms. The molecule has 0 aliphatic carbocycles. The normalized spacial score (nSPS) is 12.2. The smallest absolute Gasteiger partial charge is 0.133 e. The van der Waals surface area contributed by atoms with E-state index >= 15 is 0 Å². The topological polar surface area (TPSA) is 12.0 Å². The van der Waals surface area contributed by atoms with Crippen molar-refractivity contribution >= 4 is 5.57 Å². The van der Waals surface area contributed by atoms with Gasteiger partial charge in [-0.2, -0.15) is 0 Å². The Morgan fingerprint density at radius 2 is 2.06 bits per heavy atom. The van der Waals surface area contributed by atoms with Gasteiger partial charge in [0, 0.05) is 17.7 Å². The maximum Gasteiger partial charge on any atom is 0.133 e. The zero-order chi connectivity index (χ0) is 12.8. The van der Waals surface area contributed by atoms with E-state index in [9.17, 15) is 8.78 Å². The Kier molecular flexibility index (Phi) is 5.29. The molecule has 0 aliphatic rings. The van der Waals surface area contributed by atoms with Crippen LogP contribution in [0.15, 0.2) is 24.3 Å². The Balaban J connectivity index is 2.62. The van der Waals surface area contributed by atoms with E-state index in [-0.39, 0.29) is 0 Å². The summed E-state index contributed by atoms with van der Waals surface area (Å²) in [5.74, 6) is -1.05.